The zero-order valence-corrected chi connectivity index (χ0v) is 12.5. The van der Waals surface area contributed by atoms with Crippen molar-refractivity contribution in [1.29, 1.82) is 0 Å². The Morgan fingerprint density at radius 1 is 1.35 bits per heavy atom. The lowest BCUT2D eigenvalue weighted by atomic mass is 9.88. The quantitative estimate of drug-likeness (QED) is 0.884. The normalized spacial score (nSPS) is 18.5. The second-order valence-corrected chi connectivity index (χ2v) is 5.46. The SMILES string of the molecule is Cl.N[C@H](c1cc(Br)ccc1Cl)C1CCOCC1. The maximum Gasteiger partial charge on any atom is 0.0469 e. The van der Waals surface area contributed by atoms with E-state index in [2.05, 4.69) is 15.9 Å². The van der Waals surface area contributed by atoms with Crippen LogP contribution in [0.2, 0.25) is 5.02 Å². The first-order valence-electron chi connectivity index (χ1n) is 5.47. The van der Waals surface area contributed by atoms with E-state index in [1.54, 1.807) is 0 Å². The van der Waals surface area contributed by atoms with Gasteiger partial charge in [0.05, 0.1) is 0 Å². The molecule has 96 valence electrons. The van der Waals surface area contributed by atoms with Crippen LogP contribution in [-0.4, -0.2) is 13.2 Å². The molecule has 5 heteroatoms. The Morgan fingerprint density at radius 2 is 2.00 bits per heavy atom. The molecule has 1 aromatic rings. The summed E-state index contributed by atoms with van der Waals surface area (Å²) in [5.41, 5.74) is 7.31. The molecule has 2 rings (SSSR count). The zero-order chi connectivity index (χ0) is 11.5. The summed E-state index contributed by atoms with van der Waals surface area (Å²) in [6, 6.07) is 5.85. The minimum absolute atomic E-state index is 0. The Kier molecular flexibility index (Phi) is 6.24. The lowest BCUT2D eigenvalue weighted by molar-refractivity contribution is 0.0584. The third-order valence-electron chi connectivity index (χ3n) is 3.09. The molecule has 1 fully saturated rings. The monoisotopic (exact) mass is 339 g/mol. The number of hydrogen-bond acceptors (Lipinski definition) is 2. The third-order valence-corrected chi connectivity index (χ3v) is 3.93. The van der Waals surface area contributed by atoms with Gasteiger partial charge < -0.3 is 10.5 Å². The van der Waals surface area contributed by atoms with Crippen molar-refractivity contribution in [3.8, 4) is 0 Å². The summed E-state index contributed by atoms with van der Waals surface area (Å²) in [5, 5.41) is 0.752. The number of rotatable bonds is 2. The fourth-order valence-corrected chi connectivity index (χ4v) is 2.72. The van der Waals surface area contributed by atoms with Crippen LogP contribution < -0.4 is 5.73 Å². The first kappa shape index (κ1) is 15.3. The number of halogens is 3. The number of ether oxygens (including phenoxy) is 1. The fraction of sp³-hybridized carbons (Fsp3) is 0.500. The van der Waals surface area contributed by atoms with Crippen molar-refractivity contribution in [2.75, 3.05) is 13.2 Å². The highest BCUT2D eigenvalue weighted by Gasteiger charge is 2.23. The van der Waals surface area contributed by atoms with Gasteiger partial charge in [-0.25, -0.2) is 0 Å². The molecule has 0 aromatic heterocycles. The number of benzene rings is 1. The second kappa shape index (κ2) is 6.95. The Bertz CT molecular complexity index is 370. The van der Waals surface area contributed by atoms with Gasteiger partial charge in [-0.15, -0.1) is 12.4 Å². The molecule has 1 aliphatic heterocycles. The number of hydrogen-bond donors (Lipinski definition) is 1. The zero-order valence-electron chi connectivity index (χ0n) is 9.36. The van der Waals surface area contributed by atoms with Gasteiger partial charge in [0.2, 0.25) is 0 Å². The van der Waals surface area contributed by atoms with Crippen LogP contribution in [0.3, 0.4) is 0 Å². The third kappa shape index (κ3) is 3.83. The largest absolute Gasteiger partial charge is 0.381 e. The van der Waals surface area contributed by atoms with E-state index >= 15 is 0 Å². The average molecular weight is 341 g/mol. The van der Waals surface area contributed by atoms with E-state index in [1.807, 2.05) is 18.2 Å². The average Bonchev–Trinajstić information content (AvgIpc) is 2.32. The summed E-state index contributed by atoms with van der Waals surface area (Å²) in [7, 11) is 0. The molecule has 1 aliphatic rings. The van der Waals surface area contributed by atoms with Crippen LogP contribution in [0.15, 0.2) is 22.7 Å². The number of nitrogens with two attached hydrogens (primary N) is 1. The molecule has 17 heavy (non-hydrogen) atoms. The van der Waals surface area contributed by atoms with Crippen molar-refractivity contribution in [2.24, 2.45) is 11.7 Å². The van der Waals surface area contributed by atoms with Crippen LogP contribution in [0.4, 0.5) is 0 Å². The molecule has 0 radical (unpaired) electrons. The molecule has 0 amide bonds. The molecule has 1 aromatic carbocycles. The highest BCUT2D eigenvalue weighted by atomic mass is 79.9. The van der Waals surface area contributed by atoms with Gasteiger partial charge in [-0.05, 0) is 42.5 Å². The van der Waals surface area contributed by atoms with E-state index in [0.29, 0.717) is 5.92 Å². The van der Waals surface area contributed by atoms with Gasteiger partial charge in [0.15, 0.2) is 0 Å². The topological polar surface area (TPSA) is 35.2 Å². The van der Waals surface area contributed by atoms with Crippen molar-refractivity contribution in [1.82, 2.24) is 0 Å². The van der Waals surface area contributed by atoms with Crippen LogP contribution in [0.25, 0.3) is 0 Å². The summed E-state index contributed by atoms with van der Waals surface area (Å²) in [6.07, 6.45) is 2.04. The smallest absolute Gasteiger partial charge is 0.0469 e. The van der Waals surface area contributed by atoms with Crippen molar-refractivity contribution < 1.29 is 4.74 Å². The van der Waals surface area contributed by atoms with Crippen molar-refractivity contribution in [3.05, 3.63) is 33.3 Å². The standard InChI is InChI=1S/C12H15BrClNO.ClH/c13-9-1-2-11(14)10(7-9)12(15)8-3-5-16-6-4-8;/h1-2,7-8,12H,3-6,15H2;1H/t12-;/m0./s1. The van der Waals surface area contributed by atoms with Crippen LogP contribution in [0.5, 0.6) is 0 Å². The molecule has 0 spiro atoms. The fourth-order valence-electron chi connectivity index (χ4n) is 2.10. The molecule has 0 unspecified atom stereocenters. The van der Waals surface area contributed by atoms with Gasteiger partial charge in [-0.1, -0.05) is 27.5 Å². The van der Waals surface area contributed by atoms with Gasteiger partial charge >= 0.3 is 0 Å². The molecule has 2 nitrogen and oxygen atoms in total. The van der Waals surface area contributed by atoms with Crippen LogP contribution in [0.1, 0.15) is 24.4 Å². The van der Waals surface area contributed by atoms with Gasteiger partial charge in [0.25, 0.3) is 0 Å². The van der Waals surface area contributed by atoms with Gasteiger partial charge in [-0.2, -0.15) is 0 Å². The van der Waals surface area contributed by atoms with Crippen LogP contribution >= 0.6 is 39.9 Å². The predicted octanol–water partition coefficient (Wildman–Crippen LogP) is 3.95. The first-order chi connectivity index (χ1) is 7.68. The van der Waals surface area contributed by atoms with E-state index in [9.17, 15) is 0 Å². The Hall–Kier alpha value is 0.200. The molecule has 0 aliphatic carbocycles. The van der Waals surface area contributed by atoms with Crippen LogP contribution in [-0.2, 0) is 4.74 Å². The van der Waals surface area contributed by atoms with E-state index in [-0.39, 0.29) is 18.4 Å². The maximum atomic E-state index is 6.28. The van der Waals surface area contributed by atoms with E-state index in [0.717, 1.165) is 41.1 Å². The van der Waals surface area contributed by atoms with Crippen molar-refractivity contribution >= 4 is 39.9 Å². The van der Waals surface area contributed by atoms with Crippen molar-refractivity contribution in [3.63, 3.8) is 0 Å². The summed E-state index contributed by atoms with van der Waals surface area (Å²) in [5.74, 6) is 0.473. The molecule has 0 bridgehead atoms. The second-order valence-electron chi connectivity index (χ2n) is 4.14. The van der Waals surface area contributed by atoms with E-state index in [4.69, 9.17) is 22.1 Å². The minimum atomic E-state index is 0. The van der Waals surface area contributed by atoms with Gasteiger partial charge in [-0.3, -0.25) is 0 Å². The molecule has 1 heterocycles. The van der Waals surface area contributed by atoms with Crippen molar-refractivity contribution in [2.45, 2.75) is 18.9 Å². The van der Waals surface area contributed by atoms with E-state index in [1.165, 1.54) is 0 Å². The van der Waals surface area contributed by atoms with Gasteiger partial charge in [0.1, 0.15) is 0 Å². The molecule has 1 atom stereocenters. The highest BCUT2D eigenvalue weighted by Crippen LogP contribution is 2.33. The molecule has 0 saturated carbocycles. The Labute approximate surface area is 121 Å². The molecule has 1 saturated heterocycles. The summed E-state index contributed by atoms with van der Waals surface area (Å²) in [4.78, 5) is 0. The molecular formula is C12H16BrCl2NO. The molecular weight excluding hydrogens is 325 g/mol. The lowest BCUT2D eigenvalue weighted by Gasteiger charge is -2.28. The van der Waals surface area contributed by atoms with Gasteiger partial charge in [0, 0.05) is 28.8 Å². The maximum absolute atomic E-state index is 6.28. The summed E-state index contributed by atoms with van der Waals surface area (Å²) < 4.78 is 6.36. The highest BCUT2D eigenvalue weighted by molar-refractivity contribution is 9.10. The van der Waals surface area contributed by atoms with Crippen LogP contribution in [0, 0.1) is 5.92 Å². The van der Waals surface area contributed by atoms with E-state index < -0.39 is 0 Å². The predicted molar refractivity (Wildman–Crippen MR) is 76.9 cm³/mol. The summed E-state index contributed by atoms with van der Waals surface area (Å²) >= 11 is 9.63. The lowest BCUT2D eigenvalue weighted by Crippen LogP contribution is -2.27. The minimum Gasteiger partial charge on any atom is -0.381 e. The summed E-state index contributed by atoms with van der Waals surface area (Å²) in [6.45, 7) is 1.62. The molecule has 2 N–H and O–H groups in total. The first-order valence-corrected chi connectivity index (χ1v) is 6.64. The Balaban J connectivity index is 0.00000144. The Morgan fingerprint density at radius 3 is 2.65 bits per heavy atom.